The second kappa shape index (κ2) is 19.2. The Kier molecular flexibility index (Phi) is 14.1. The number of carboxylic acids is 1. The predicted octanol–water partition coefficient (Wildman–Crippen LogP) is 5.04. The van der Waals surface area contributed by atoms with Crippen LogP contribution in [0.2, 0.25) is 0 Å². The Balaban J connectivity index is 1.50. The fourth-order valence-electron chi connectivity index (χ4n) is 6.33. The maximum absolute atomic E-state index is 14.3. The standard InChI is InChI=1S/C43H48N4O8S/c1-43(2,3)55-32-17-13-29(14-18-32)24-35-40(51)46-34(23-27-8-5-4-6-9-27)37(48)25-30(42(53)54)22-28-11-15-31(16-12-28)44-38(49)19-20-39(50)45-36(41(52)47-35)26-33-10-7-21-56-33/h4-18,21,30,34-36H,19-20,22-26H2,1-3H3,(H,44,49)(H,45,50)(H,46,51)(H,47,52)(H,53,54)/t30-,34-,35+,36-/m1/s1. The SMILES string of the molecule is CC(C)(C)Oc1ccc(C[C@@H]2NC(=O)[C@@H](Cc3cccs3)NC(=O)CCC(=O)Nc3ccc(cc3)C[C@@H](C(=O)O)CC(=O)[C@@H](Cc3ccccc3)NC2=O)cc1. The van der Waals surface area contributed by atoms with Crippen LogP contribution in [0.5, 0.6) is 5.75 Å². The molecule has 3 aromatic carbocycles. The molecule has 0 fully saturated rings. The minimum Gasteiger partial charge on any atom is -0.488 e. The lowest BCUT2D eigenvalue weighted by molar-refractivity contribution is -0.144. The second-order valence-corrected chi connectivity index (χ2v) is 16.0. The molecular weight excluding hydrogens is 733 g/mol. The van der Waals surface area contributed by atoms with Gasteiger partial charge in [-0.2, -0.15) is 0 Å². The molecule has 12 nitrogen and oxygen atoms in total. The van der Waals surface area contributed by atoms with Crippen molar-refractivity contribution in [2.45, 2.75) is 89.4 Å². The van der Waals surface area contributed by atoms with Crippen LogP contribution in [-0.2, 0) is 54.5 Å². The van der Waals surface area contributed by atoms with Gasteiger partial charge in [-0.15, -0.1) is 11.3 Å². The number of thiophene rings is 1. The lowest BCUT2D eigenvalue weighted by Gasteiger charge is -2.26. The van der Waals surface area contributed by atoms with Crippen molar-refractivity contribution in [2.75, 3.05) is 5.32 Å². The van der Waals surface area contributed by atoms with Gasteiger partial charge in [-0.05, 0) is 86.0 Å². The molecule has 4 amide bonds. The van der Waals surface area contributed by atoms with Gasteiger partial charge in [0.1, 0.15) is 23.4 Å². The van der Waals surface area contributed by atoms with Crippen molar-refractivity contribution in [3.05, 3.63) is 118 Å². The number of carbonyl (C=O) groups excluding carboxylic acids is 5. The molecule has 56 heavy (non-hydrogen) atoms. The Morgan fingerprint density at radius 3 is 1.93 bits per heavy atom. The van der Waals surface area contributed by atoms with Crippen molar-refractivity contribution < 1.29 is 38.6 Å². The summed E-state index contributed by atoms with van der Waals surface area (Å²) >= 11 is 1.41. The Morgan fingerprint density at radius 1 is 0.696 bits per heavy atom. The largest absolute Gasteiger partial charge is 0.488 e. The van der Waals surface area contributed by atoms with Gasteiger partial charge in [0, 0.05) is 42.7 Å². The molecule has 3 heterocycles. The molecule has 2 aliphatic rings. The molecule has 0 radical (unpaired) electrons. The van der Waals surface area contributed by atoms with Gasteiger partial charge in [-0.1, -0.05) is 60.7 Å². The molecule has 1 aromatic heterocycles. The van der Waals surface area contributed by atoms with Crippen LogP contribution in [0.25, 0.3) is 0 Å². The Morgan fingerprint density at radius 2 is 1.30 bits per heavy atom. The van der Waals surface area contributed by atoms with Gasteiger partial charge in [0.15, 0.2) is 5.78 Å². The van der Waals surface area contributed by atoms with Gasteiger partial charge in [0.05, 0.1) is 12.0 Å². The number of ketones is 1. The number of fused-ring (bicyclic) bond motifs is 18. The monoisotopic (exact) mass is 780 g/mol. The number of nitrogens with one attached hydrogen (secondary N) is 4. The molecule has 0 unspecified atom stereocenters. The minimum absolute atomic E-state index is 0.0209. The molecule has 0 aliphatic carbocycles. The summed E-state index contributed by atoms with van der Waals surface area (Å²) in [6.45, 7) is 5.78. The first-order valence-electron chi connectivity index (χ1n) is 18.6. The van der Waals surface area contributed by atoms with Gasteiger partial charge in [-0.3, -0.25) is 28.8 Å². The summed E-state index contributed by atoms with van der Waals surface area (Å²) in [5.41, 5.74) is 2.08. The van der Waals surface area contributed by atoms with E-state index in [1.807, 2.05) is 56.5 Å². The number of benzene rings is 3. The van der Waals surface area contributed by atoms with Gasteiger partial charge in [-0.25, -0.2) is 0 Å². The first-order valence-corrected chi connectivity index (χ1v) is 19.5. The number of Topliss-reactive ketones (excluding diaryl/α,β-unsaturated/α-hetero) is 1. The normalized spacial score (nSPS) is 20.5. The van der Waals surface area contributed by atoms with E-state index in [0.29, 0.717) is 22.6 Å². The maximum Gasteiger partial charge on any atom is 0.307 e. The third-order valence-corrected chi connectivity index (χ3v) is 10.0. The van der Waals surface area contributed by atoms with E-state index < -0.39 is 65.0 Å². The van der Waals surface area contributed by atoms with Crippen molar-refractivity contribution in [1.29, 1.82) is 0 Å². The lowest BCUT2D eigenvalue weighted by Crippen LogP contribution is -2.57. The predicted molar refractivity (Wildman–Crippen MR) is 213 cm³/mol. The molecule has 4 aromatic rings. The lowest BCUT2D eigenvalue weighted by atomic mass is 9.90. The molecule has 4 atom stereocenters. The van der Waals surface area contributed by atoms with Crippen LogP contribution in [0.15, 0.2) is 96.4 Å². The van der Waals surface area contributed by atoms with E-state index in [4.69, 9.17) is 4.74 Å². The number of amides is 4. The van der Waals surface area contributed by atoms with Gasteiger partial charge < -0.3 is 31.1 Å². The number of ether oxygens (including phenoxy) is 1. The van der Waals surface area contributed by atoms with E-state index in [9.17, 15) is 33.9 Å². The summed E-state index contributed by atoms with van der Waals surface area (Å²) in [6, 6.07) is 23.0. The van der Waals surface area contributed by atoms with Crippen molar-refractivity contribution in [3.8, 4) is 5.75 Å². The first-order chi connectivity index (χ1) is 26.7. The molecule has 13 heteroatoms. The highest BCUT2D eigenvalue weighted by atomic mass is 32.1. The molecule has 294 valence electrons. The smallest absolute Gasteiger partial charge is 0.307 e. The van der Waals surface area contributed by atoms with E-state index >= 15 is 0 Å². The second-order valence-electron chi connectivity index (χ2n) is 14.9. The van der Waals surface area contributed by atoms with E-state index in [1.54, 1.807) is 60.7 Å². The molecule has 6 rings (SSSR count). The zero-order chi connectivity index (χ0) is 40.2. The van der Waals surface area contributed by atoms with Gasteiger partial charge >= 0.3 is 5.97 Å². The number of hydrogen-bond acceptors (Lipinski definition) is 8. The molecule has 0 saturated heterocycles. The molecule has 5 N–H and O–H groups in total. The molecule has 0 spiro atoms. The van der Waals surface area contributed by atoms with Gasteiger partial charge in [0.2, 0.25) is 23.6 Å². The maximum atomic E-state index is 14.3. The first kappa shape index (κ1) is 41.3. The van der Waals surface area contributed by atoms with E-state index in [1.165, 1.54) is 11.3 Å². The van der Waals surface area contributed by atoms with E-state index in [0.717, 1.165) is 10.4 Å². The quantitative estimate of drug-likeness (QED) is 0.154. The number of hydrogen-bond donors (Lipinski definition) is 5. The minimum atomic E-state index is -1.21. The number of aliphatic carboxylic acids is 1. The van der Waals surface area contributed by atoms with Crippen LogP contribution in [-0.4, -0.2) is 64.2 Å². The van der Waals surface area contributed by atoms with Crippen LogP contribution in [0.1, 0.15) is 61.6 Å². The summed E-state index contributed by atoms with van der Waals surface area (Å²) in [6.07, 6.45) is -0.461. The summed E-state index contributed by atoms with van der Waals surface area (Å²) < 4.78 is 5.96. The fraction of sp³-hybridized carbons (Fsp3) is 0.349. The van der Waals surface area contributed by atoms with Crippen LogP contribution in [0.3, 0.4) is 0 Å². The number of anilines is 1. The molecule has 2 aliphatic heterocycles. The van der Waals surface area contributed by atoms with E-state index in [2.05, 4.69) is 21.3 Å². The van der Waals surface area contributed by atoms with Crippen molar-refractivity contribution >= 4 is 52.4 Å². The number of carbonyl (C=O) groups is 6. The van der Waals surface area contributed by atoms with Crippen molar-refractivity contribution in [2.24, 2.45) is 5.92 Å². The zero-order valence-corrected chi connectivity index (χ0v) is 32.5. The summed E-state index contributed by atoms with van der Waals surface area (Å²) in [4.78, 5) is 81.8. The summed E-state index contributed by atoms with van der Waals surface area (Å²) in [5, 5.41) is 23.2. The van der Waals surface area contributed by atoms with Crippen LogP contribution in [0.4, 0.5) is 5.69 Å². The van der Waals surface area contributed by atoms with Gasteiger partial charge in [0.25, 0.3) is 0 Å². The highest BCUT2D eigenvalue weighted by Crippen LogP contribution is 2.21. The van der Waals surface area contributed by atoms with Crippen LogP contribution < -0.4 is 26.0 Å². The van der Waals surface area contributed by atoms with Crippen molar-refractivity contribution in [3.63, 3.8) is 0 Å². The Hall–Kier alpha value is -5.82. The summed E-state index contributed by atoms with van der Waals surface area (Å²) in [5.74, 6) is -4.38. The molecular formula is C43H48N4O8S. The molecule has 2 bridgehead atoms. The highest BCUT2D eigenvalue weighted by molar-refractivity contribution is 7.09. The third-order valence-electron chi connectivity index (χ3n) is 9.14. The number of carboxylic acid groups (broad SMARTS) is 1. The van der Waals surface area contributed by atoms with E-state index in [-0.39, 0.29) is 44.9 Å². The Labute approximate surface area is 330 Å². The topological polar surface area (TPSA) is 180 Å². The zero-order valence-electron chi connectivity index (χ0n) is 31.7. The van der Waals surface area contributed by atoms with Crippen LogP contribution in [0, 0.1) is 5.92 Å². The number of rotatable bonds is 8. The Bertz CT molecular complexity index is 1980. The highest BCUT2D eigenvalue weighted by Gasteiger charge is 2.32. The van der Waals surface area contributed by atoms with Crippen LogP contribution >= 0.6 is 11.3 Å². The summed E-state index contributed by atoms with van der Waals surface area (Å²) in [7, 11) is 0. The molecule has 0 saturated carbocycles. The fourth-order valence-corrected chi connectivity index (χ4v) is 7.08. The average Bonchev–Trinajstić information content (AvgIpc) is 3.67. The third kappa shape index (κ3) is 12.9. The van der Waals surface area contributed by atoms with Crippen molar-refractivity contribution in [1.82, 2.24) is 16.0 Å². The average molecular weight is 781 g/mol.